The summed E-state index contributed by atoms with van der Waals surface area (Å²) in [5, 5.41) is 6.20. The number of ether oxygens (including phenoxy) is 3. The van der Waals surface area contributed by atoms with E-state index in [9.17, 15) is 8.78 Å². The summed E-state index contributed by atoms with van der Waals surface area (Å²) in [5.41, 5.74) is 0.914. The molecule has 0 saturated carbocycles. The zero-order valence-corrected chi connectivity index (χ0v) is 17.1. The fourth-order valence-corrected chi connectivity index (χ4v) is 2.82. The summed E-state index contributed by atoms with van der Waals surface area (Å²) in [5.74, 6) is 1.05. The number of methoxy groups -OCH3 is 3. The molecular weight excluding hydrogens is 380 g/mol. The van der Waals surface area contributed by atoms with Gasteiger partial charge in [-0.15, -0.1) is 0 Å². The van der Waals surface area contributed by atoms with Gasteiger partial charge >= 0.3 is 0 Å². The minimum atomic E-state index is -0.550. The highest BCUT2D eigenvalue weighted by Gasteiger charge is 2.13. The van der Waals surface area contributed by atoms with Crippen LogP contribution in [0.3, 0.4) is 0 Å². The van der Waals surface area contributed by atoms with E-state index >= 15 is 0 Å². The van der Waals surface area contributed by atoms with E-state index in [0.717, 1.165) is 5.56 Å². The smallest absolute Gasteiger partial charge is 0.203 e. The maximum Gasteiger partial charge on any atom is 0.203 e. The molecule has 8 heteroatoms. The Labute approximate surface area is 169 Å². The van der Waals surface area contributed by atoms with Gasteiger partial charge in [0.1, 0.15) is 11.6 Å². The van der Waals surface area contributed by atoms with Gasteiger partial charge in [0.05, 0.1) is 27.9 Å². The van der Waals surface area contributed by atoms with E-state index in [-0.39, 0.29) is 12.0 Å². The van der Waals surface area contributed by atoms with Gasteiger partial charge in [0.15, 0.2) is 17.5 Å². The number of hydrogen-bond acceptors (Lipinski definition) is 4. The van der Waals surface area contributed by atoms with Crippen LogP contribution in [-0.4, -0.2) is 40.4 Å². The lowest BCUT2D eigenvalue weighted by atomic mass is 10.1. The topological polar surface area (TPSA) is 64.1 Å². The van der Waals surface area contributed by atoms with Crippen LogP contribution in [0.1, 0.15) is 18.1 Å². The second-order valence-corrected chi connectivity index (χ2v) is 6.11. The Balaban J connectivity index is 2.09. The van der Waals surface area contributed by atoms with Crippen molar-refractivity contribution in [2.75, 3.05) is 34.4 Å². The minimum Gasteiger partial charge on any atom is -0.493 e. The summed E-state index contributed by atoms with van der Waals surface area (Å²) in [6.07, 6.45) is 0.201. The fraction of sp³-hybridized carbons (Fsp3) is 0.381. The first kappa shape index (κ1) is 22.3. The van der Waals surface area contributed by atoms with E-state index in [1.165, 1.54) is 18.2 Å². The number of hydrogen-bond donors (Lipinski definition) is 2. The van der Waals surface area contributed by atoms with E-state index in [2.05, 4.69) is 15.6 Å². The van der Waals surface area contributed by atoms with Crippen LogP contribution in [0, 0.1) is 11.6 Å². The van der Waals surface area contributed by atoms with Crippen LogP contribution in [0.5, 0.6) is 17.2 Å². The highest BCUT2D eigenvalue weighted by atomic mass is 19.1. The number of nitrogens with one attached hydrogen (secondary N) is 2. The Kier molecular flexibility index (Phi) is 8.51. The molecule has 0 atom stereocenters. The molecule has 2 N–H and O–H groups in total. The molecular formula is C21H27F2N3O3. The van der Waals surface area contributed by atoms with Gasteiger partial charge in [-0.25, -0.2) is 13.8 Å². The maximum absolute atomic E-state index is 13.7. The molecule has 158 valence electrons. The van der Waals surface area contributed by atoms with Gasteiger partial charge in [0.25, 0.3) is 0 Å². The molecule has 2 aromatic carbocycles. The van der Waals surface area contributed by atoms with Gasteiger partial charge in [-0.3, -0.25) is 0 Å². The summed E-state index contributed by atoms with van der Waals surface area (Å²) in [4.78, 5) is 4.52. The highest BCUT2D eigenvalue weighted by molar-refractivity contribution is 5.79. The molecule has 0 fully saturated rings. The first-order valence-electron chi connectivity index (χ1n) is 9.27. The van der Waals surface area contributed by atoms with Gasteiger partial charge in [-0.05, 0) is 43.2 Å². The van der Waals surface area contributed by atoms with Crippen molar-refractivity contribution in [1.29, 1.82) is 0 Å². The van der Waals surface area contributed by atoms with E-state index in [1.54, 1.807) is 21.3 Å². The average molecular weight is 407 g/mol. The highest BCUT2D eigenvalue weighted by Crippen LogP contribution is 2.38. The molecule has 6 nitrogen and oxygen atoms in total. The first-order valence-corrected chi connectivity index (χ1v) is 9.27. The van der Waals surface area contributed by atoms with Gasteiger partial charge < -0.3 is 24.8 Å². The van der Waals surface area contributed by atoms with Crippen LogP contribution >= 0.6 is 0 Å². The van der Waals surface area contributed by atoms with Gasteiger partial charge in [-0.2, -0.15) is 0 Å². The zero-order valence-electron chi connectivity index (χ0n) is 17.1. The van der Waals surface area contributed by atoms with Crippen molar-refractivity contribution >= 4 is 5.96 Å². The van der Waals surface area contributed by atoms with Crippen LogP contribution < -0.4 is 24.8 Å². The average Bonchev–Trinajstić information content (AvgIpc) is 2.73. The summed E-state index contributed by atoms with van der Waals surface area (Å²) in [6.45, 7) is 3.27. The predicted octanol–water partition coefficient (Wildman–Crippen LogP) is 3.29. The van der Waals surface area contributed by atoms with E-state index in [1.807, 2.05) is 19.1 Å². The second-order valence-electron chi connectivity index (χ2n) is 6.11. The number of halogens is 2. The number of guanidine groups is 1. The van der Waals surface area contributed by atoms with Gasteiger partial charge in [0.2, 0.25) is 5.75 Å². The number of aliphatic imine (C=N–C) groups is 1. The molecule has 2 rings (SSSR count). The van der Waals surface area contributed by atoms with E-state index < -0.39 is 11.6 Å². The Hall–Kier alpha value is -3.03. The van der Waals surface area contributed by atoms with Crippen molar-refractivity contribution in [2.24, 2.45) is 4.99 Å². The Bertz CT molecular complexity index is 799. The molecule has 0 spiro atoms. The molecule has 0 radical (unpaired) electrons. The molecule has 0 bridgehead atoms. The molecule has 0 aromatic heterocycles. The van der Waals surface area contributed by atoms with Crippen molar-refractivity contribution in [1.82, 2.24) is 10.6 Å². The van der Waals surface area contributed by atoms with Crippen LogP contribution in [0.25, 0.3) is 0 Å². The van der Waals surface area contributed by atoms with Crippen molar-refractivity contribution in [3.05, 3.63) is 53.1 Å². The van der Waals surface area contributed by atoms with Crippen LogP contribution in [0.4, 0.5) is 8.78 Å². The molecule has 29 heavy (non-hydrogen) atoms. The van der Waals surface area contributed by atoms with Gasteiger partial charge in [0, 0.05) is 18.7 Å². The summed E-state index contributed by atoms with van der Waals surface area (Å²) in [6, 6.07) is 7.50. The molecule has 0 aliphatic carbocycles. The lowest BCUT2D eigenvalue weighted by Gasteiger charge is -2.14. The Morgan fingerprint density at radius 1 is 0.966 bits per heavy atom. The summed E-state index contributed by atoms with van der Waals surface area (Å²) < 4.78 is 43.5. The third kappa shape index (κ3) is 5.97. The predicted molar refractivity (Wildman–Crippen MR) is 109 cm³/mol. The SMILES string of the molecule is CCNC(=NCc1cc(OC)c(OC)c(OC)c1)NCCc1c(F)cccc1F. The van der Waals surface area contributed by atoms with E-state index in [4.69, 9.17) is 14.2 Å². The summed E-state index contributed by atoms with van der Waals surface area (Å²) >= 11 is 0. The van der Waals surface area contributed by atoms with Crippen LogP contribution in [0.2, 0.25) is 0 Å². The number of rotatable bonds is 9. The number of nitrogens with zero attached hydrogens (tertiary/aromatic N) is 1. The normalized spacial score (nSPS) is 11.2. The Morgan fingerprint density at radius 3 is 2.10 bits per heavy atom. The first-order chi connectivity index (χ1) is 14.0. The number of benzene rings is 2. The molecule has 0 amide bonds. The third-order valence-corrected chi connectivity index (χ3v) is 4.22. The molecule has 0 aliphatic heterocycles. The minimum absolute atomic E-state index is 0.0560. The molecule has 0 heterocycles. The van der Waals surface area contributed by atoms with Crippen LogP contribution in [-0.2, 0) is 13.0 Å². The molecule has 0 unspecified atom stereocenters. The van der Waals surface area contributed by atoms with E-state index in [0.29, 0.717) is 42.8 Å². The summed E-state index contributed by atoms with van der Waals surface area (Å²) in [7, 11) is 4.65. The largest absolute Gasteiger partial charge is 0.493 e. The lowest BCUT2D eigenvalue weighted by Crippen LogP contribution is -2.38. The molecule has 2 aromatic rings. The molecule has 0 aliphatic rings. The maximum atomic E-state index is 13.7. The van der Waals surface area contributed by atoms with Crippen LogP contribution in [0.15, 0.2) is 35.3 Å². The van der Waals surface area contributed by atoms with Gasteiger partial charge in [-0.1, -0.05) is 6.07 Å². The van der Waals surface area contributed by atoms with Crippen molar-refractivity contribution in [3.8, 4) is 17.2 Å². The van der Waals surface area contributed by atoms with Crippen molar-refractivity contribution in [3.63, 3.8) is 0 Å². The molecule has 0 saturated heterocycles. The quantitative estimate of drug-likeness (QED) is 0.493. The second kappa shape index (κ2) is 11.1. The zero-order chi connectivity index (χ0) is 21.2. The van der Waals surface area contributed by atoms with Crippen molar-refractivity contribution < 1.29 is 23.0 Å². The lowest BCUT2D eigenvalue weighted by molar-refractivity contribution is 0.324. The third-order valence-electron chi connectivity index (χ3n) is 4.22. The monoisotopic (exact) mass is 407 g/mol. The fourth-order valence-electron chi connectivity index (χ4n) is 2.82. The Morgan fingerprint density at radius 2 is 1.59 bits per heavy atom. The van der Waals surface area contributed by atoms with Crippen molar-refractivity contribution in [2.45, 2.75) is 19.9 Å². The standard InChI is InChI=1S/C21H27F2N3O3/c1-5-24-21(25-10-9-15-16(22)7-6-8-17(15)23)26-13-14-11-18(27-2)20(29-4)19(12-14)28-3/h6-8,11-12H,5,9-10,13H2,1-4H3,(H2,24,25,26).